The molecule has 1 rings (SSSR count). The van der Waals surface area contributed by atoms with Crippen molar-refractivity contribution in [1.29, 1.82) is 0 Å². The summed E-state index contributed by atoms with van der Waals surface area (Å²) in [7, 11) is 0. The molecule has 0 amide bonds. The average molecular weight is 328 g/mol. The SMILES string of the molecule is CCCC(C)COC(c1ccc(Br)cc1)C(N)CC. The maximum absolute atomic E-state index is 6.21. The second kappa shape index (κ2) is 8.72. The third kappa shape index (κ3) is 5.64. The summed E-state index contributed by atoms with van der Waals surface area (Å²) in [6.45, 7) is 7.33. The number of hydrogen-bond donors (Lipinski definition) is 1. The largest absolute Gasteiger partial charge is 0.372 e. The summed E-state index contributed by atoms with van der Waals surface area (Å²) < 4.78 is 7.18. The van der Waals surface area contributed by atoms with Gasteiger partial charge in [0.1, 0.15) is 0 Å². The van der Waals surface area contributed by atoms with Crippen LogP contribution in [0, 0.1) is 5.92 Å². The van der Waals surface area contributed by atoms with Gasteiger partial charge in [-0.2, -0.15) is 0 Å². The summed E-state index contributed by atoms with van der Waals surface area (Å²) in [6.07, 6.45) is 3.32. The van der Waals surface area contributed by atoms with E-state index in [-0.39, 0.29) is 12.1 Å². The maximum atomic E-state index is 6.21. The minimum atomic E-state index is -0.00240. The first-order valence-electron chi connectivity index (χ1n) is 7.21. The highest BCUT2D eigenvalue weighted by atomic mass is 79.9. The first kappa shape index (κ1) is 16.7. The second-order valence-corrected chi connectivity index (χ2v) is 6.19. The number of ether oxygens (including phenoxy) is 1. The summed E-state index contributed by atoms with van der Waals surface area (Å²) in [5.74, 6) is 0.590. The van der Waals surface area contributed by atoms with E-state index < -0.39 is 0 Å². The molecule has 1 aromatic rings. The predicted octanol–water partition coefficient (Wildman–Crippen LogP) is 4.68. The highest BCUT2D eigenvalue weighted by Crippen LogP contribution is 2.25. The third-order valence-corrected chi connectivity index (χ3v) is 3.93. The van der Waals surface area contributed by atoms with E-state index in [9.17, 15) is 0 Å². The Morgan fingerprint density at radius 3 is 2.37 bits per heavy atom. The molecule has 19 heavy (non-hydrogen) atoms. The van der Waals surface area contributed by atoms with Crippen LogP contribution < -0.4 is 5.73 Å². The van der Waals surface area contributed by atoms with Crippen LogP contribution in [0.1, 0.15) is 51.7 Å². The lowest BCUT2D eigenvalue weighted by molar-refractivity contribution is 0.0131. The van der Waals surface area contributed by atoms with Crippen molar-refractivity contribution in [3.8, 4) is 0 Å². The maximum Gasteiger partial charge on any atom is 0.0975 e. The van der Waals surface area contributed by atoms with Crippen LogP contribution >= 0.6 is 15.9 Å². The fourth-order valence-corrected chi connectivity index (χ4v) is 2.44. The van der Waals surface area contributed by atoms with Crippen molar-refractivity contribution in [2.75, 3.05) is 6.61 Å². The summed E-state index contributed by atoms with van der Waals surface area (Å²) in [5, 5.41) is 0. The number of nitrogens with two attached hydrogens (primary N) is 1. The molecule has 0 bridgehead atoms. The Morgan fingerprint density at radius 1 is 1.21 bits per heavy atom. The van der Waals surface area contributed by atoms with Crippen LogP contribution in [-0.2, 0) is 4.74 Å². The molecule has 0 aliphatic heterocycles. The highest BCUT2D eigenvalue weighted by Gasteiger charge is 2.20. The van der Waals surface area contributed by atoms with Crippen molar-refractivity contribution in [2.24, 2.45) is 11.7 Å². The summed E-state index contributed by atoms with van der Waals surface area (Å²) in [5.41, 5.74) is 7.38. The molecule has 0 heterocycles. The molecule has 2 nitrogen and oxygen atoms in total. The molecule has 0 aliphatic rings. The zero-order chi connectivity index (χ0) is 14.3. The van der Waals surface area contributed by atoms with Gasteiger partial charge in [-0.05, 0) is 36.5 Å². The van der Waals surface area contributed by atoms with E-state index in [1.807, 2.05) is 12.1 Å². The lowest BCUT2D eigenvalue weighted by atomic mass is 10.0. The molecule has 0 aliphatic carbocycles. The minimum absolute atomic E-state index is 0.00240. The van der Waals surface area contributed by atoms with Gasteiger partial charge in [0.25, 0.3) is 0 Å². The molecule has 3 heteroatoms. The standard InChI is InChI=1S/C16H26BrNO/c1-4-6-12(3)11-19-16(15(18)5-2)13-7-9-14(17)10-8-13/h7-10,12,15-16H,4-6,11,18H2,1-3H3. The second-order valence-electron chi connectivity index (χ2n) is 5.27. The van der Waals surface area contributed by atoms with E-state index in [0.29, 0.717) is 5.92 Å². The Bertz CT molecular complexity index is 352. The molecule has 0 spiro atoms. The molecule has 0 radical (unpaired) electrons. The van der Waals surface area contributed by atoms with Crippen molar-refractivity contribution in [2.45, 2.75) is 52.2 Å². The van der Waals surface area contributed by atoms with E-state index in [0.717, 1.165) is 17.5 Å². The van der Waals surface area contributed by atoms with Gasteiger partial charge in [-0.3, -0.25) is 0 Å². The molecule has 0 fully saturated rings. The summed E-state index contributed by atoms with van der Waals surface area (Å²) in [6, 6.07) is 8.33. The van der Waals surface area contributed by atoms with E-state index >= 15 is 0 Å². The smallest absolute Gasteiger partial charge is 0.0975 e. The Balaban J connectivity index is 2.69. The van der Waals surface area contributed by atoms with Gasteiger partial charge in [0.15, 0.2) is 0 Å². The lowest BCUT2D eigenvalue weighted by Crippen LogP contribution is -2.30. The number of hydrogen-bond acceptors (Lipinski definition) is 2. The molecular formula is C16H26BrNO. The molecule has 0 aromatic heterocycles. The van der Waals surface area contributed by atoms with Gasteiger partial charge >= 0.3 is 0 Å². The van der Waals surface area contributed by atoms with E-state index in [1.54, 1.807) is 0 Å². The first-order valence-corrected chi connectivity index (χ1v) is 8.00. The topological polar surface area (TPSA) is 35.2 Å². The van der Waals surface area contributed by atoms with E-state index in [2.05, 4.69) is 48.8 Å². The number of benzene rings is 1. The van der Waals surface area contributed by atoms with E-state index in [4.69, 9.17) is 10.5 Å². The quantitative estimate of drug-likeness (QED) is 0.752. The van der Waals surface area contributed by atoms with E-state index in [1.165, 1.54) is 18.4 Å². The van der Waals surface area contributed by atoms with Crippen molar-refractivity contribution in [1.82, 2.24) is 0 Å². The van der Waals surface area contributed by atoms with Crippen molar-refractivity contribution in [3.63, 3.8) is 0 Å². The van der Waals surface area contributed by atoms with Crippen LogP contribution in [0.4, 0.5) is 0 Å². The third-order valence-electron chi connectivity index (χ3n) is 3.40. The molecule has 1 aromatic carbocycles. The fraction of sp³-hybridized carbons (Fsp3) is 0.625. The Labute approximate surface area is 125 Å². The molecule has 3 atom stereocenters. The van der Waals surface area contributed by atoms with Crippen LogP contribution in [0.3, 0.4) is 0 Å². The minimum Gasteiger partial charge on any atom is -0.372 e. The van der Waals surface area contributed by atoms with Crippen molar-refractivity contribution < 1.29 is 4.74 Å². The van der Waals surface area contributed by atoms with Gasteiger partial charge in [-0.15, -0.1) is 0 Å². The summed E-state index contributed by atoms with van der Waals surface area (Å²) in [4.78, 5) is 0. The normalized spacial score (nSPS) is 16.1. The Hall–Kier alpha value is -0.380. The van der Waals surface area contributed by atoms with Crippen LogP contribution in [0.5, 0.6) is 0 Å². The van der Waals surface area contributed by atoms with Crippen LogP contribution in [-0.4, -0.2) is 12.6 Å². The fourth-order valence-electron chi connectivity index (χ4n) is 2.18. The Kier molecular flexibility index (Phi) is 7.66. The highest BCUT2D eigenvalue weighted by molar-refractivity contribution is 9.10. The van der Waals surface area contributed by atoms with Gasteiger partial charge in [-0.1, -0.05) is 55.3 Å². The monoisotopic (exact) mass is 327 g/mol. The first-order chi connectivity index (χ1) is 9.08. The molecule has 0 saturated heterocycles. The molecule has 108 valence electrons. The van der Waals surface area contributed by atoms with Gasteiger partial charge in [0.05, 0.1) is 12.7 Å². The lowest BCUT2D eigenvalue weighted by Gasteiger charge is -2.25. The van der Waals surface area contributed by atoms with Gasteiger partial charge in [-0.25, -0.2) is 0 Å². The summed E-state index contributed by atoms with van der Waals surface area (Å²) >= 11 is 3.46. The number of halogens is 1. The number of rotatable bonds is 8. The zero-order valence-corrected chi connectivity index (χ0v) is 13.8. The average Bonchev–Trinajstić information content (AvgIpc) is 2.41. The van der Waals surface area contributed by atoms with Crippen LogP contribution in [0.15, 0.2) is 28.7 Å². The Morgan fingerprint density at radius 2 is 1.84 bits per heavy atom. The molecule has 3 unspecified atom stereocenters. The van der Waals surface area contributed by atoms with Crippen LogP contribution in [0.2, 0.25) is 0 Å². The molecule has 2 N–H and O–H groups in total. The zero-order valence-electron chi connectivity index (χ0n) is 12.2. The molecular weight excluding hydrogens is 302 g/mol. The van der Waals surface area contributed by atoms with Crippen molar-refractivity contribution in [3.05, 3.63) is 34.3 Å². The van der Waals surface area contributed by atoms with Gasteiger partial charge in [0.2, 0.25) is 0 Å². The van der Waals surface area contributed by atoms with Gasteiger partial charge in [0, 0.05) is 10.5 Å². The van der Waals surface area contributed by atoms with Crippen LogP contribution in [0.25, 0.3) is 0 Å². The van der Waals surface area contributed by atoms with Gasteiger partial charge < -0.3 is 10.5 Å². The predicted molar refractivity (Wildman–Crippen MR) is 85.2 cm³/mol. The van der Waals surface area contributed by atoms with Crippen molar-refractivity contribution >= 4 is 15.9 Å². The molecule has 0 saturated carbocycles.